The quantitative estimate of drug-likeness (QED) is 0.473. The van der Waals surface area contributed by atoms with Gasteiger partial charge in [-0.2, -0.15) is 0 Å². The number of carbonyl (C=O) groups is 1. The molecule has 0 aliphatic carbocycles. The van der Waals surface area contributed by atoms with Crippen molar-refractivity contribution >= 4 is 34.8 Å². The number of hydrogen-bond donors (Lipinski definition) is 1. The number of carbonyl (C=O) groups excluding carboxylic acids is 1. The SMILES string of the molecule is CC[C@H](Oc1ccc(Cl)cc1)C(=O)Nc1cc(Cl)ccc1Oc1ccccc1. The number of halogens is 2. The minimum Gasteiger partial charge on any atom is -0.481 e. The molecule has 0 fully saturated rings. The van der Waals surface area contributed by atoms with E-state index in [0.717, 1.165) is 0 Å². The Morgan fingerprint density at radius 2 is 1.61 bits per heavy atom. The molecule has 1 N–H and O–H groups in total. The van der Waals surface area contributed by atoms with E-state index in [1.807, 2.05) is 37.3 Å². The van der Waals surface area contributed by atoms with Gasteiger partial charge in [0, 0.05) is 10.0 Å². The second kappa shape index (κ2) is 9.49. The molecule has 3 aromatic rings. The minimum atomic E-state index is -0.676. The zero-order chi connectivity index (χ0) is 19.9. The Hall–Kier alpha value is -2.69. The highest BCUT2D eigenvalue weighted by atomic mass is 35.5. The summed E-state index contributed by atoms with van der Waals surface area (Å²) in [4.78, 5) is 12.8. The minimum absolute atomic E-state index is 0.294. The number of hydrogen-bond acceptors (Lipinski definition) is 3. The Morgan fingerprint density at radius 1 is 0.929 bits per heavy atom. The van der Waals surface area contributed by atoms with E-state index in [9.17, 15) is 4.79 Å². The van der Waals surface area contributed by atoms with E-state index in [1.165, 1.54) is 0 Å². The van der Waals surface area contributed by atoms with Crippen molar-refractivity contribution < 1.29 is 14.3 Å². The van der Waals surface area contributed by atoms with Crippen LogP contribution in [0.25, 0.3) is 0 Å². The van der Waals surface area contributed by atoms with E-state index >= 15 is 0 Å². The maximum atomic E-state index is 12.8. The second-order valence-corrected chi connectivity index (χ2v) is 6.89. The van der Waals surface area contributed by atoms with Crippen LogP contribution in [-0.2, 0) is 4.79 Å². The summed E-state index contributed by atoms with van der Waals surface area (Å²) in [5.41, 5.74) is 0.472. The largest absolute Gasteiger partial charge is 0.481 e. The van der Waals surface area contributed by atoms with Crippen molar-refractivity contribution in [1.29, 1.82) is 0 Å². The molecule has 1 atom stereocenters. The molecule has 0 saturated carbocycles. The fraction of sp³-hybridized carbons (Fsp3) is 0.136. The molecule has 0 aliphatic rings. The number of anilines is 1. The van der Waals surface area contributed by atoms with Crippen LogP contribution in [-0.4, -0.2) is 12.0 Å². The van der Waals surface area contributed by atoms with Gasteiger partial charge >= 0.3 is 0 Å². The first-order valence-electron chi connectivity index (χ1n) is 8.80. The number of ether oxygens (including phenoxy) is 2. The second-order valence-electron chi connectivity index (χ2n) is 6.01. The molecule has 0 aromatic heterocycles. The molecule has 0 unspecified atom stereocenters. The number of nitrogens with one attached hydrogen (secondary N) is 1. The average Bonchev–Trinajstić information content (AvgIpc) is 2.70. The zero-order valence-electron chi connectivity index (χ0n) is 15.2. The van der Waals surface area contributed by atoms with Crippen LogP contribution in [0.15, 0.2) is 72.8 Å². The topological polar surface area (TPSA) is 47.6 Å². The van der Waals surface area contributed by atoms with Gasteiger partial charge in [0.05, 0.1) is 5.69 Å². The summed E-state index contributed by atoms with van der Waals surface area (Å²) in [7, 11) is 0. The Morgan fingerprint density at radius 3 is 2.29 bits per heavy atom. The molecule has 3 aromatic carbocycles. The maximum Gasteiger partial charge on any atom is 0.265 e. The zero-order valence-corrected chi connectivity index (χ0v) is 16.7. The molecule has 0 bridgehead atoms. The summed E-state index contributed by atoms with van der Waals surface area (Å²) in [6.07, 6.45) is -0.186. The van der Waals surface area contributed by atoms with Crippen molar-refractivity contribution in [1.82, 2.24) is 0 Å². The van der Waals surface area contributed by atoms with E-state index in [-0.39, 0.29) is 5.91 Å². The lowest BCUT2D eigenvalue weighted by molar-refractivity contribution is -0.122. The summed E-state index contributed by atoms with van der Waals surface area (Å²) in [6.45, 7) is 1.87. The van der Waals surface area contributed by atoms with Gasteiger partial charge in [-0.1, -0.05) is 48.3 Å². The van der Waals surface area contributed by atoms with Gasteiger partial charge in [-0.15, -0.1) is 0 Å². The third kappa shape index (κ3) is 5.41. The molecule has 0 aliphatic heterocycles. The standard InChI is InChI=1S/C22H19Cl2NO3/c1-2-20(27-18-11-8-15(23)9-12-18)22(26)25-19-14-16(24)10-13-21(19)28-17-6-4-3-5-7-17/h3-14,20H,2H2,1H3,(H,25,26)/t20-/m0/s1. The smallest absolute Gasteiger partial charge is 0.265 e. The van der Waals surface area contributed by atoms with Crippen molar-refractivity contribution in [3.63, 3.8) is 0 Å². The molecule has 0 saturated heterocycles. The van der Waals surface area contributed by atoms with Gasteiger partial charge < -0.3 is 14.8 Å². The van der Waals surface area contributed by atoms with E-state index in [1.54, 1.807) is 42.5 Å². The van der Waals surface area contributed by atoms with Crippen LogP contribution >= 0.6 is 23.2 Å². The molecular formula is C22H19Cl2NO3. The van der Waals surface area contributed by atoms with Crippen molar-refractivity contribution in [2.45, 2.75) is 19.4 Å². The summed E-state index contributed by atoms with van der Waals surface area (Å²) < 4.78 is 11.7. The lowest BCUT2D eigenvalue weighted by Gasteiger charge is -2.19. The lowest BCUT2D eigenvalue weighted by Crippen LogP contribution is -2.32. The molecule has 144 valence electrons. The fourth-order valence-electron chi connectivity index (χ4n) is 2.52. The highest BCUT2D eigenvalue weighted by Crippen LogP contribution is 2.32. The van der Waals surface area contributed by atoms with E-state index in [0.29, 0.717) is 39.4 Å². The first-order chi connectivity index (χ1) is 13.5. The van der Waals surface area contributed by atoms with Crippen molar-refractivity contribution in [2.24, 2.45) is 0 Å². The average molecular weight is 416 g/mol. The molecule has 0 spiro atoms. The molecule has 4 nitrogen and oxygen atoms in total. The monoisotopic (exact) mass is 415 g/mol. The van der Waals surface area contributed by atoms with E-state index in [4.69, 9.17) is 32.7 Å². The van der Waals surface area contributed by atoms with Gasteiger partial charge in [-0.25, -0.2) is 0 Å². The molecular weight excluding hydrogens is 397 g/mol. The number of para-hydroxylation sites is 1. The third-order valence-electron chi connectivity index (χ3n) is 3.93. The normalized spacial score (nSPS) is 11.5. The van der Waals surface area contributed by atoms with Gasteiger partial charge in [-0.05, 0) is 61.0 Å². The first-order valence-corrected chi connectivity index (χ1v) is 9.56. The van der Waals surface area contributed by atoms with Crippen LogP contribution in [0, 0.1) is 0 Å². The third-order valence-corrected chi connectivity index (χ3v) is 4.41. The molecule has 6 heteroatoms. The van der Waals surface area contributed by atoms with Gasteiger partial charge in [-0.3, -0.25) is 4.79 Å². The van der Waals surface area contributed by atoms with Crippen LogP contribution < -0.4 is 14.8 Å². The highest BCUT2D eigenvalue weighted by molar-refractivity contribution is 6.31. The predicted molar refractivity (Wildman–Crippen MR) is 113 cm³/mol. The van der Waals surface area contributed by atoms with Crippen molar-refractivity contribution in [2.75, 3.05) is 5.32 Å². The van der Waals surface area contributed by atoms with Crippen molar-refractivity contribution in [3.8, 4) is 17.2 Å². The van der Waals surface area contributed by atoms with Crippen LogP contribution in [0.5, 0.6) is 17.2 Å². The summed E-state index contributed by atoms with van der Waals surface area (Å²) in [5, 5.41) is 3.95. The molecule has 28 heavy (non-hydrogen) atoms. The summed E-state index contributed by atoms with van der Waals surface area (Å²) in [6, 6.07) is 21.2. The van der Waals surface area contributed by atoms with E-state index in [2.05, 4.69) is 5.32 Å². The van der Waals surface area contributed by atoms with Crippen LogP contribution in [0.3, 0.4) is 0 Å². The van der Waals surface area contributed by atoms with Gasteiger partial charge in [0.1, 0.15) is 11.5 Å². The Balaban J connectivity index is 1.76. The molecule has 1 amide bonds. The van der Waals surface area contributed by atoms with E-state index < -0.39 is 6.10 Å². The van der Waals surface area contributed by atoms with Gasteiger partial charge in [0.25, 0.3) is 5.91 Å². The molecule has 0 radical (unpaired) electrons. The van der Waals surface area contributed by atoms with Crippen LogP contribution in [0.2, 0.25) is 10.0 Å². The lowest BCUT2D eigenvalue weighted by atomic mass is 10.2. The van der Waals surface area contributed by atoms with Gasteiger partial charge in [0.2, 0.25) is 0 Å². The van der Waals surface area contributed by atoms with Crippen molar-refractivity contribution in [3.05, 3.63) is 82.8 Å². The summed E-state index contributed by atoms with van der Waals surface area (Å²) in [5.74, 6) is 1.42. The Labute approximate surface area is 174 Å². The number of amides is 1. The maximum absolute atomic E-state index is 12.8. The fourth-order valence-corrected chi connectivity index (χ4v) is 2.82. The number of benzene rings is 3. The molecule has 3 rings (SSSR count). The van der Waals surface area contributed by atoms with Crippen LogP contribution in [0.4, 0.5) is 5.69 Å². The molecule has 0 heterocycles. The van der Waals surface area contributed by atoms with Crippen LogP contribution in [0.1, 0.15) is 13.3 Å². The summed E-state index contributed by atoms with van der Waals surface area (Å²) >= 11 is 12.0. The highest BCUT2D eigenvalue weighted by Gasteiger charge is 2.20. The Kier molecular flexibility index (Phi) is 6.80. The number of rotatable bonds is 7. The predicted octanol–water partition coefficient (Wildman–Crippen LogP) is 6.58. The van der Waals surface area contributed by atoms with Gasteiger partial charge in [0.15, 0.2) is 11.9 Å². The first kappa shape index (κ1) is 20.1. The Bertz CT molecular complexity index is 930.